The third-order valence-electron chi connectivity index (χ3n) is 3.78. The SMILES string of the molecule is CCOC(=O)c1[nH]c(C(=O)Nc2ccc(OC)cc2)c(C(=O)OCC)c1C. The number of ether oxygens (including phenoxy) is 3. The maximum absolute atomic E-state index is 12.7. The van der Waals surface area contributed by atoms with Gasteiger partial charge in [0.1, 0.15) is 17.1 Å². The van der Waals surface area contributed by atoms with E-state index < -0.39 is 17.8 Å². The van der Waals surface area contributed by atoms with Gasteiger partial charge in [0.15, 0.2) is 0 Å². The second-order valence-electron chi connectivity index (χ2n) is 5.50. The van der Waals surface area contributed by atoms with Crippen molar-refractivity contribution in [3.05, 3.63) is 46.8 Å². The van der Waals surface area contributed by atoms with E-state index in [-0.39, 0.29) is 30.2 Å². The van der Waals surface area contributed by atoms with Crippen LogP contribution in [0.3, 0.4) is 0 Å². The van der Waals surface area contributed by atoms with Crippen molar-refractivity contribution in [2.24, 2.45) is 0 Å². The Morgan fingerprint density at radius 3 is 2.11 bits per heavy atom. The Morgan fingerprint density at radius 1 is 0.963 bits per heavy atom. The van der Waals surface area contributed by atoms with E-state index in [0.29, 0.717) is 17.0 Å². The molecule has 1 amide bonds. The highest BCUT2D eigenvalue weighted by atomic mass is 16.5. The third-order valence-corrected chi connectivity index (χ3v) is 3.78. The second kappa shape index (κ2) is 8.88. The molecule has 0 saturated heterocycles. The average molecular weight is 374 g/mol. The van der Waals surface area contributed by atoms with Crippen LogP contribution in [0.2, 0.25) is 0 Å². The summed E-state index contributed by atoms with van der Waals surface area (Å²) in [5.41, 5.74) is 0.780. The monoisotopic (exact) mass is 374 g/mol. The predicted octanol–water partition coefficient (Wildman–Crippen LogP) is 2.94. The van der Waals surface area contributed by atoms with Gasteiger partial charge in [-0.15, -0.1) is 0 Å². The molecule has 1 aromatic carbocycles. The number of amides is 1. The molecular weight excluding hydrogens is 352 g/mol. The Hall–Kier alpha value is -3.29. The number of carbonyl (C=O) groups excluding carboxylic acids is 3. The Bertz CT molecular complexity index is 839. The van der Waals surface area contributed by atoms with Crippen LogP contribution in [0.4, 0.5) is 5.69 Å². The molecule has 0 fully saturated rings. The van der Waals surface area contributed by atoms with Gasteiger partial charge in [0.05, 0.1) is 25.9 Å². The predicted molar refractivity (Wildman–Crippen MR) is 98.4 cm³/mol. The molecule has 0 bridgehead atoms. The summed E-state index contributed by atoms with van der Waals surface area (Å²) < 4.78 is 15.1. The second-order valence-corrected chi connectivity index (χ2v) is 5.50. The zero-order valence-corrected chi connectivity index (χ0v) is 15.7. The van der Waals surface area contributed by atoms with E-state index in [0.717, 1.165) is 0 Å². The zero-order valence-electron chi connectivity index (χ0n) is 15.7. The van der Waals surface area contributed by atoms with Gasteiger partial charge in [-0.25, -0.2) is 9.59 Å². The molecule has 1 heterocycles. The minimum atomic E-state index is -0.693. The van der Waals surface area contributed by atoms with Crippen LogP contribution >= 0.6 is 0 Å². The molecule has 8 heteroatoms. The fourth-order valence-corrected chi connectivity index (χ4v) is 2.50. The fourth-order valence-electron chi connectivity index (χ4n) is 2.50. The van der Waals surface area contributed by atoms with Crippen LogP contribution in [-0.4, -0.2) is 43.2 Å². The van der Waals surface area contributed by atoms with Gasteiger partial charge in [0.2, 0.25) is 0 Å². The van der Waals surface area contributed by atoms with Crippen molar-refractivity contribution >= 4 is 23.5 Å². The lowest BCUT2D eigenvalue weighted by atomic mass is 10.1. The summed E-state index contributed by atoms with van der Waals surface area (Å²) in [6, 6.07) is 6.68. The van der Waals surface area contributed by atoms with Gasteiger partial charge >= 0.3 is 11.9 Å². The standard InChI is InChI=1S/C19H22N2O6/c1-5-26-18(23)14-11(3)15(19(24)27-6-2)21-16(14)17(22)20-12-7-9-13(25-4)10-8-12/h7-10,21H,5-6H2,1-4H3,(H,20,22). The molecule has 0 spiro atoms. The Kier molecular flexibility index (Phi) is 6.59. The van der Waals surface area contributed by atoms with Gasteiger partial charge in [-0.2, -0.15) is 0 Å². The third kappa shape index (κ3) is 4.46. The van der Waals surface area contributed by atoms with Gasteiger partial charge < -0.3 is 24.5 Å². The zero-order chi connectivity index (χ0) is 20.0. The number of hydrogen-bond donors (Lipinski definition) is 2. The van der Waals surface area contributed by atoms with E-state index in [1.165, 1.54) is 7.11 Å². The largest absolute Gasteiger partial charge is 0.497 e. The Labute approximate surface area is 156 Å². The lowest BCUT2D eigenvalue weighted by molar-refractivity contribution is 0.0517. The van der Waals surface area contributed by atoms with Crippen LogP contribution in [0, 0.1) is 6.92 Å². The van der Waals surface area contributed by atoms with Crippen molar-refractivity contribution in [1.82, 2.24) is 4.98 Å². The molecule has 27 heavy (non-hydrogen) atoms. The lowest BCUT2D eigenvalue weighted by Gasteiger charge is -2.07. The first-order valence-corrected chi connectivity index (χ1v) is 8.45. The van der Waals surface area contributed by atoms with Crippen LogP contribution < -0.4 is 10.1 Å². The molecule has 2 aromatic rings. The molecule has 0 aliphatic heterocycles. The maximum atomic E-state index is 12.7. The molecule has 0 radical (unpaired) electrons. The minimum absolute atomic E-state index is 0.00548. The van der Waals surface area contributed by atoms with Crippen molar-refractivity contribution in [2.45, 2.75) is 20.8 Å². The van der Waals surface area contributed by atoms with E-state index >= 15 is 0 Å². The number of H-pyrrole nitrogens is 1. The molecule has 1 aromatic heterocycles. The average Bonchev–Trinajstić information content (AvgIpc) is 3.00. The summed E-state index contributed by atoms with van der Waals surface area (Å²) >= 11 is 0. The first-order chi connectivity index (χ1) is 12.9. The Balaban J connectivity index is 2.39. The molecular formula is C19H22N2O6. The fraction of sp³-hybridized carbons (Fsp3) is 0.316. The van der Waals surface area contributed by atoms with E-state index in [9.17, 15) is 14.4 Å². The van der Waals surface area contributed by atoms with E-state index in [2.05, 4.69) is 10.3 Å². The van der Waals surface area contributed by atoms with Crippen molar-refractivity contribution in [3.8, 4) is 5.75 Å². The highest BCUT2D eigenvalue weighted by molar-refractivity contribution is 6.12. The molecule has 144 valence electrons. The van der Waals surface area contributed by atoms with Crippen LogP contribution in [0.15, 0.2) is 24.3 Å². The normalized spacial score (nSPS) is 10.2. The summed E-state index contributed by atoms with van der Waals surface area (Å²) in [7, 11) is 1.54. The van der Waals surface area contributed by atoms with Crippen LogP contribution in [0.5, 0.6) is 5.75 Å². The molecule has 2 N–H and O–H groups in total. The molecule has 8 nitrogen and oxygen atoms in total. The topological polar surface area (TPSA) is 107 Å². The van der Waals surface area contributed by atoms with Gasteiger partial charge in [0, 0.05) is 5.69 Å². The van der Waals surface area contributed by atoms with Crippen LogP contribution in [0.25, 0.3) is 0 Å². The van der Waals surface area contributed by atoms with E-state index in [4.69, 9.17) is 14.2 Å². The van der Waals surface area contributed by atoms with Gasteiger partial charge in [-0.05, 0) is 50.6 Å². The van der Waals surface area contributed by atoms with Gasteiger partial charge in [-0.1, -0.05) is 0 Å². The van der Waals surface area contributed by atoms with Crippen molar-refractivity contribution in [1.29, 1.82) is 0 Å². The number of rotatable bonds is 7. The summed E-state index contributed by atoms with van der Waals surface area (Å²) in [6.45, 7) is 5.18. The highest BCUT2D eigenvalue weighted by Gasteiger charge is 2.29. The molecule has 0 unspecified atom stereocenters. The van der Waals surface area contributed by atoms with Crippen LogP contribution in [-0.2, 0) is 9.47 Å². The number of benzene rings is 1. The van der Waals surface area contributed by atoms with Crippen molar-refractivity contribution in [2.75, 3.05) is 25.6 Å². The smallest absolute Gasteiger partial charge is 0.355 e. The molecule has 0 aliphatic rings. The summed E-state index contributed by atoms with van der Waals surface area (Å²) in [5, 5.41) is 2.67. The number of aromatic amines is 1. The summed E-state index contributed by atoms with van der Waals surface area (Å²) in [6.07, 6.45) is 0. The minimum Gasteiger partial charge on any atom is -0.497 e. The molecule has 2 rings (SSSR count). The number of methoxy groups -OCH3 is 1. The van der Waals surface area contributed by atoms with Crippen molar-refractivity contribution in [3.63, 3.8) is 0 Å². The van der Waals surface area contributed by atoms with Crippen LogP contribution in [0.1, 0.15) is 50.7 Å². The number of nitrogens with one attached hydrogen (secondary N) is 2. The first-order valence-electron chi connectivity index (χ1n) is 8.45. The highest BCUT2D eigenvalue weighted by Crippen LogP contribution is 2.22. The van der Waals surface area contributed by atoms with Crippen molar-refractivity contribution < 1.29 is 28.6 Å². The number of carbonyl (C=O) groups is 3. The Morgan fingerprint density at radius 2 is 1.56 bits per heavy atom. The number of esters is 2. The molecule has 0 aliphatic carbocycles. The van der Waals surface area contributed by atoms with E-state index in [1.807, 2.05) is 0 Å². The van der Waals surface area contributed by atoms with Gasteiger partial charge in [-0.3, -0.25) is 4.79 Å². The summed E-state index contributed by atoms with van der Waals surface area (Å²) in [4.78, 5) is 39.9. The quantitative estimate of drug-likeness (QED) is 0.722. The first kappa shape index (κ1) is 20.0. The maximum Gasteiger partial charge on any atom is 0.355 e. The lowest BCUT2D eigenvalue weighted by Crippen LogP contribution is -2.17. The number of anilines is 1. The van der Waals surface area contributed by atoms with Gasteiger partial charge in [0.25, 0.3) is 5.91 Å². The summed E-state index contributed by atoms with van der Waals surface area (Å²) in [5.74, 6) is -1.28. The molecule has 0 saturated carbocycles. The molecule has 0 atom stereocenters. The number of aromatic nitrogens is 1. The number of hydrogen-bond acceptors (Lipinski definition) is 6. The van der Waals surface area contributed by atoms with E-state index in [1.54, 1.807) is 45.0 Å².